The molecule has 0 amide bonds. The molecule has 150 valence electrons. The van der Waals surface area contributed by atoms with E-state index in [-0.39, 0.29) is 5.03 Å². The molecular formula is C21H23N5O2S. The molecule has 2 aromatic carbocycles. The van der Waals surface area contributed by atoms with Crippen LogP contribution < -0.4 is 4.72 Å². The fourth-order valence-corrected chi connectivity index (χ4v) is 4.47. The van der Waals surface area contributed by atoms with Crippen LogP contribution in [0.15, 0.2) is 66.1 Å². The number of para-hydroxylation sites is 3. The number of nitrogens with one attached hydrogen (secondary N) is 2. The fourth-order valence-electron chi connectivity index (χ4n) is 3.46. The number of fused-ring (bicyclic) bond motifs is 1. The summed E-state index contributed by atoms with van der Waals surface area (Å²) in [7, 11) is -3.70. The lowest BCUT2D eigenvalue weighted by atomic mass is 10.1. The van der Waals surface area contributed by atoms with E-state index >= 15 is 0 Å². The molecule has 0 aliphatic heterocycles. The van der Waals surface area contributed by atoms with Gasteiger partial charge in [-0.2, -0.15) is 8.42 Å². The fraction of sp³-hybridized carbons (Fsp3) is 0.238. The number of benzene rings is 2. The van der Waals surface area contributed by atoms with Crippen LogP contribution in [0.5, 0.6) is 0 Å². The Balaban J connectivity index is 1.59. The van der Waals surface area contributed by atoms with Gasteiger partial charge >= 0.3 is 0 Å². The predicted octanol–water partition coefficient (Wildman–Crippen LogP) is 3.76. The van der Waals surface area contributed by atoms with Crippen molar-refractivity contribution in [3.63, 3.8) is 0 Å². The van der Waals surface area contributed by atoms with Gasteiger partial charge in [-0.05, 0) is 36.6 Å². The summed E-state index contributed by atoms with van der Waals surface area (Å²) in [5.74, 6) is 1.01. The molecule has 0 spiro atoms. The van der Waals surface area contributed by atoms with Crippen molar-refractivity contribution in [2.75, 3.05) is 4.72 Å². The zero-order valence-corrected chi connectivity index (χ0v) is 17.0. The normalized spacial score (nSPS) is 11.8. The molecule has 4 aromatic rings. The summed E-state index contributed by atoms with van der Waals surface area (Å²) in [6, 6.07) is 15.6. The zero-order valence-electron chi connectivity index (χ0n) is 16.2. The zero-order chi connectivity index (χ0) is 20.3. The van der Waals surface area contributed by atoms with E-state index in [9.17, 15) is 8.42 Å². The number of aromatic amines is 1. The molecule has 4 rings (SSSR count). The first kappa shape index (κ1) is 19.2. The van der Waals surface area contributed by atoms with E-state index in [0.717, 1.165) is 41.8 Å². The van der Waals surface area contributed by atoms with Gasteiger partial charge in [0.1, 0.15) is 5.82 Å². The molecule has 0 aliphatic rings. The summed E-state index contributed by atoms with van der Waals surface area (Å²) in [5, 5.41) is 0.0389. The minimum absolute atomic E-state index is 0.0389. The number of hydrogen-bond acceptors (Lipinski definition) is 4. The van der Waals surface area contributed by atoms with Crippen molar-refractivity contribution >= 4 is 26.7 Å². The largest absolute Gasteiger partial charge is 0.334 e. The van der Waals surface area contributed by atoms with Gasteiger partial charge in [-0.3, -0.25) is 4.72 Å². The SMILES string of the molecule is CCCn1c(CCc2ccccc2NS(=O)(=O)c2cnc[nH]2)nc2ccccc21. The number of nitrogens with zero attached hydrogens (tertiary/aromatic N) is 3. The van der Waals surface area contributed by atoms with Crippen LogP contribution in [0.2, 0.25) is 0 Å². The average Bonchev–Trinajstić information content (AvgIpc) is 3.37. The molecule has 0 saturated heterocycles. The molecule has 8 heteroatoms. The third-order valence-corrected chi connectivity index (χ3v) is 6.11. The lowest BCUT2D eigenvalue weighted by molar-refractivity contribution is 0.598. The van der Waals surface area contributed by atoms with Gasteiger partial charge in [-0.1, -0.05) is 37.3 Å². The molecule has 29 heavy (non-hydrogen) atoms. The van der Waals surface area contributed by atoms with Gasteiger partial charge in [-0.25, -0.2) is 9.97 Å². The maximum atomic E-state index is 12.5. The van der Waals surface area contributed by atoms with Crippen molar-refractivity contribution in [2.45, 2.75) is 37.8 Å². The minimum atomic E-state index is -3.70. The second kappa shape index (κ2) is 8.08. The second-order valence-corrected chi connectivity index (χ2v) is 8.50. The molecule has 2 aromatic heterocycles. The standard InChI is InChI=1S/C21H23N5O2S/c1-2-13-26-19-10-6-5-9-18(19)24-20(26)12-11-16-7-3-4-8-17(16)25-29(27,28)21-14-22-15-23-21/h3-10,14-15,25H,2,11-13H2,1H3,(H,22,23). The quantitative estimate of drug-likeness (QED) is 0.463. The number of anilines is 1. The van der Waals surface area contributed by atoms with Crippen molar-refractivity contribution in [3.8, 4) is 0 Å². The summed E-state index contributed by atoms with van der Waals surface area (Å²) in [6.45, 7) is 3.06. The highest BCUT2D eigenvalue weighted by Gasteiger charge is 2.18. The van der Waals surface area contributed by atoms with Crippen LogP contribution in [-0.4, -0.2) is 27.9 Å². The van der Waals surface area contributed by atoms with Crippen LogP contribution in [0, 0.1) is 0 Å². The van der Waals surface area contributed by atoms with Gasteiger partial charge in [0, 0.05) is 13.0 Å². The minimum Gasteiger partial charge on any atom is -0.334 e. The number of H-pyrrole nitrogens is 1. The van der Waals surface area contributed by atoms with Crippen molar-refractivity contribution in [2.24, 2.45) is 0 Å². The van der Waals surface area contributed by atoms with Crippen molar-refractivity contribution in [1.29, 1.82) is 0 Å². The summed E-state index contributed by atoms with van der Waals surface area (Å²) in [6.07, 6.45) is 5.05. The number of imidazole rings is 2. The lowest BCUT2D eigenvalue weighted by Crippen LogP contribution is -2.15. The van der Waals surface area contributed by atoms with Gasteiger partial charge < -0.3 is 9.55 Å². The third kappa shape index (κ3) is 4.02. The maximum absolute atomic E-state index is 12.5. The van der Waals surface area contributed by atoms with Crippen LogP contribution in [0.3, 0.4) is 0 Å². The molecule has 0 radical (unpaired) electrons. The Labute approximate surface area is 169 Å². The van der Waals surface area contributed by atoms with Crippen molar-refractivity contribution in [1.82, 2.24) is 19.5 Å². The first-order valence-electron chi connectivity index (χ1n) is 9.61. The highest BCUT2D eigenvalue weighted by molar-refractivity contribution is 7.92. The molecule has 0 unspecified atom stereocenters. The van der Waals surface area contributed by atoms with E-state index in [2.05, 4.69) is 32.2 Å². The Morgan fingerprint density at radius 3 is 2.66 bits per heavy atom. The molecule has 0 fully saturated rings. The summed E-state index contributed by atoms with van der Waals surface area (Å²) in [4.78, 5) is 11.2. The monoisotopic (exact) mass is 409 g/mol. The van der Waals surface area contributed by atoms with Crippen LogP contribution in [0.1, 0.15) is 24.7 Å². The Morgan fingerprint density at radius 2 is 1.86 bits per heavy atom. The van der Waals surface area contributed by atoms with E-state index in [0.29, 0.717) is 12.1 Å². The molecular weight excluding hydrogens is 386 g/mol. The Kier molecular flexibility index (Phi) is 5.35. The van der Waals surface area contributed by atoms with Gasteiger partial charge in [-0.15, -0.1) is 0 Å². The van der Waals surface area contributed by atoms with Crippen molar-refractivity contribution < 1.29 is 8.42 Å². The predicted molar refractivity (Wildman–Crippen MR) is 113 cm³/mol. The van der Waals surface area contributed by atoms with Crippen molar-refractivity contribution in [3.05, 3.63) is 72.4 Å². The van der Waals surface area contributed by atoms with E-state index in [1.807, 2.05) is 36.4 Å². The van der Waals surface area contributed by atoms with E-state index < -0.39 is 10.0 Å². The van der Waals surface area contributed by atoms with Crippen LogP contribution in [-0.2, 0) is 29.4 Å². The maximum Gasteiger partial charge on any atom is 0.278 e. The number of aryl methyl sites for hydroxylation is 3. The Hall–Kier alpha value is -3.13. The molecule has 0 saturated carbocycles. The smallest absolute Gasteiger partial charge is 0.278 e. The molecule has 2 heterocycles. The molecule has 0 atom stereocenters. The number of rotatable bonds is 8. The van der Waals surface area contributed by atoms with Crippen LogP contribution in [0.25, 0.3) is 11.0 Å². The van der Waals surface area contributed by atoms with Gasteiger partial charge in [0.05, 0.1) is 29.2 Å². The number of aromatic nitrogens is 4. The first-order valence-corrected chi connectivity index (χ1v) is 11.1. The van der Waals surface area contributed by atoms with Gasteiger partial charge in [0.25, 0.3) is 10.0 Å². The van der Waals surface area contributed by atoms with Gasteiger partial charge in [0.2, 0.25) is 0 Å². The number of sulfonamides is 1. The van der Waals surface area contributed by atoms with Crippen LogP contribution >= 0.6 is 0 Å². The van der Waals surface area contributed by atoms with E-state index in [1.54, 1.807) is 6.07 Å². The summed E-state index contributed by atoms with van der Waals surface area (Å²) < 4.78 is 30.0. The van der Waals surface area contributed by atoms with E-state index in [4.69, 9.17) is 4.98 Å². The Morgan fingerprint density at radius 1 is 1.07 bits per heavy atom. The highest BCUT2D eigenvalue weighted by Crippen LogP contribution is 2.22. The molecule has 7 nitrogen and oxygen atoms in total. The third-order valence-electron chi connectivity index (χ3n) is 4.82. The molecule has 0 aliphatic carbocycles. The average molecular weight is 410 g/mol. The first-order chi connectivity index (χ1) is 14.1. The van der Waals surface area contributed by atoms with Crippen LogP contribution in [0.4, 0.5) is 5.69 Å². The molecule has 0 bridgehead atoms. The summed E-state index contributed by atoms with van der Waals surface area (Å²) >= 11 is 0. The van der Waals surface area contributed by atoms with E-state index in [1.165, 1.54) is 12.5 Å². The summed E-state index contributed by atoms with van der Waals surface area (Å²) in [5.41, 5.74) is 3.62. The molecule has 2 N–H and O–H groups in total. The van der Waals surface area contributed by atoms with Gasteiger partial charge in [0.15, 0.2) is 5.03 Å². The second-order valence-electron chi connectivity index (χ2n) is 6.85. The highest BCUT2D eigenvalue weighted by atomic mass is 32.2. The number of hydrogen-bond donors (Lipinski definition) is 2. The Bertz CT molecular complexity index is 1210. The lowest BCUT2D eigenvalue weighted by Gasteiger charge is -2.12. The topological polar surface area (TPSA) is 92.7 Å².